The molecule has 25 heavy (non-hydrogen) atoms. The van der Waals surface area contributed by atoms with Gasteiger partial charge in [0.2, 0.25) is 0 Å². The summed E-state index contributed by atoms with van der Waals surface area (Å²) in [5.41, 5.74) is 3.55. The number of nitrogens with one attached hydrogen (secondary N) is 1. The average Bonchev–Trinajstić information content (AvgIpc) is 2.53. The van der Waals surface area contributed by atoms with E-state index < -0.39 is 0 Å². The van der Waals surface area contributed by atoms with E-state index in [-0.39, 0.29) is 17.1 Å². The number of aromatic nitrogens is 2. The maximum atomic E-state index is 12.9. The molecule has 0 spiro atoms. The molecular weight excluding hydrogens is 314 g/mol. The van der Waals surface area contributed by atoms with Crippen molar-refractivity contribution in [2.45, 2.75) is 40.5 Å². The highest BCUT2D eigenvalue weighted by Crippen LogP contribution is 2.40. The molecular formula is C20H23N3O2. The number of carbonyl (C=O) groups is 2. The number of hydrogen-bond donors (Lipinski definition) is 1. The predicted octanol–water partition coefficient (Wildman–Crippen LogP) is 3.36. The van der Waals surface area contributed by atoms with Crippen LogP contribution in [-0.2, 0) is 6.42 Å². The smallest absolute Gasteiger partial charge is 0.253 e. The van der Waals surface area contributed by atoms with E-state index in [4.69, 9.17) is 0 Å². The first-order chi connectivity index (χ1) is 11.8. The van der Waals surface area contributed by atoms with Gasteiger partial charge in [-0.3, -0.25) is 19.6 Å². The summed E-state index contributed by atoms with van der Waals surface area (Å²) in [6.07, 6.45) is 2.83. The molecule has 5 heteroatoms. The lowest BCUT2D eigenvalue weighted by Gasteiger charge is -2.31. The number of rotatable bonds is 3. The quantitative estimate of drug-likeness (QED) is 0.932. The van der Waals surface area contributed by atoms with Crippen LogP contribution < -0.4 is 5.32 Å². The first kappa shape index (κ1) is 17.3. The van der Waals surface area contributed by atoms with Crippen LogP contribution in [0.4, 0.5) is 0 Å². The predicted molar refractivity (Wildman–Crippen MR) is 96.6 cm³/mol. The van der Waals surface area contributed by atoms with Crippen LogP contribution in [0.15, 0.2) is 24.4 Å². The molecule has 0 saturated heterocycles. The van der Waals surface area contributed by atoms with E-state index >= 15 is 0 Å². The summed E-state index contributed by atoms with van der Waals surface area (Å²) in [7, 11) is 0. The van der Waals surface area contributed by atoms with E-state index in [0.717, 1.165) is 5.69 Å². The minimum absolute atomic E-state index is 0.0324. The van der Waals surface area contributed by atoms with Crippen LogP contribution in [0.5, 0.6) is 0 Å². The van der Waals surface area contributed by atoms with Gasteiger partial charge in [-0.05, 0) is 37.8 Å². The molecule has 2 aromatic heterocycles. The second kappa shape index (κ2) is 6.39. The van der Waals surface area contributed by atoms with Crippen molar-refractivity contribution < 1.29 is 9.59 Å². The van der Waals surface area contributed by atoms with Crippen LogP contribution >= 0.6 is 0 Å². The van der Waals surface area contributed by atoms with E-state index in [9.17, 15) is 9.59 Å². The Hall–Kier alpha value is -2.56. The zero-order valence-corrected chi connectivity index (χ0v) is 15.1. The minimum atomic E-state index is -0.214. The van der Waals surface area contributed by atoms with Crippen LogP contribution in [0.2, 0.25) is 0 Å². The molecule has 1 aliphatic carbocycles. The van der Waals surface area contributed by atoms with Gasteiger partial charge >= 0.3 is 0 Å². The average molecular weight is 337 g/mol. The lowest BCUT2D eigenvalue weighted by atomic mass is 9.73. The first-order valence-electron chi connectivity index (χ1n) is 8.60. The Labute approximate surface area is 147 Å². The number of amides is 1. The number of Topliss-reactive ketones (excluding diaryl/α,β-unsaturated/α-hetero) is 1. The van der Waals surface area contributed by atoms with Crippen LogP contribution in [0.25, 0.3) is 11.3 Å². The van der Waals surface area contributed by atoms with Crippen LogP contribution in [0.3, 0.4) is 0 Å². The summed E-state index contributed by atoms with van der Waals surface area (Å²) in [5, 5.41) is 2.83. The van der Waals surface area contributed by atoms with Gasteiger partial charge in [0, 0.05) is 30.3 Å². The van der Waals surface area contributed by atoms with Crippen LogP contribution in [0.1, 0.15) is 59.3 Å². The zero-order chi connectivity index (χ0) is 18.2. The zero-order valence-electron chi connectivity index (χ0n) is 15.1. The molecule has 0 bridgehead atoms. The highest BCUT2D eigenvalue weighted by Gasteiger charge is 2.36. The number of aryl methyl sites for hydroxylation is 1. The van der Waals surface area contributed by atoms with Gasteiger partial charge in [0.1, 0.15) is 0 Å². The van der Waals surface area contributed by atoms with E-state index in [1.165, 1.54) is 0 Å². The fraction of sp³-hybridized carbons (Fsp3) is 0.400. The molecule has 0 aromatic carbocycles. The normalized spacial score (nSPS) is 15.6. The van der Waals surface area contributed by atoms with E-state index in [1.807, 2.05) is 32.0 Å². The lowest BCUT2D eigenvalue weighted by Crippen LogP contribution is -2.31. The number of nitrogens with zero attached hydrogens (tertiary/aromatic N) is 2. The third kappa shape index (κ3) is 3.18. The van der Waals surface area contributed by atoms with Crippen molar-refractivity contribution in [1.29, 1.82) is 0 Å². The lowest BCUT2D eigenvalue weighted by molar-refractivity contribution is 0.0911. The molecule has 1 amide bonds. The largest absolute Gasteiger partial charge is 0.352 e. The molecule has 0 radical (unpaired) electrons. The summed E-state index contributed by atoms with van der Waals surface area (Å²) in [5.74, 6) is -0.182. The van der Waals surface area contributed by atoms with Crippen molar-refractivity contribution in [3.63, 3.8) is 0 Å². The number of pyridine rings is 2. The highest BCUT2D eigenvalue weighted by atomic mass is 16.1. The molecule has 1 aliphatic rings. The Morgan fingerprint density at radius 1 is 1.24 bits per heavy atom. The van der Waals surface area contributed by atoms with Crippen LogP contribution in [-0.4, -0.2) is 28.2 Å². The number of hydrogen-bond acceptors (Lipinski definition) is 4. The van der Waals surface area contributed by atoms with Crippen LogP contribution in [0, 0.1) is 12.3 Å². The molecule has 2 aromatic rings. The molecule has 0 aliphatic heterocycles. The molecule has 0 unspecified atom stereocenters. The maximum absolute atomic E-state index is 12.9. The van der Waals surface area contributed by atoms with Crippen molar-refractivity contribution in [2.75, 3.05) is 6.54 Å². The summed E-state index contributed by atoms with van der Waals surface area (Å²) < 4.78 is 0. The molecule has 130 valence electrons. The topological polar surface area (TPSA) is 72.0 Å². The second-order valence-electron chi connectivity index (χ2n) is 7.28. The monoisotopic (exact) mass is 337 g/mol. The summed E-state index contributed by atoms with van der Waals surface area (Å²) >= 11 is 0. The molecule has 3 rings (SSSR count). The van der Waals surface area contributed by atoms with Crippen molar-refractivity contribution in [3.05, 3.63) is 46.9 Å². The number of fused-ring (bicyclic) bond motifs is 1. The van der Waals surface area contributed by atoms with Crippen molar-refractivity contribution >= 4 is 11.7 Å². The van der Waals surface area contributed by atoms with Gasteiger partial charge in [0.05, 0.1) is 22.6 Å². The number of ketones is 1. The summed E-state index contributed by atoms with van der Waals surface area (Å²) in [6, 6.07) is 5.52. The van der Waals surface area contributed by atoms with E-state index in [0.29, 0.717) is 47.5 Å². The van der Waals surface area contributed by atoms with Gasteiger partial charge in [-0.15, -0.1) is 0 Å². The van der Waals surface area contributed by atoms with E-state index in [1.54, 1.807) is 6.20 Å². The molecule has 0 saturated carbocycles. The SMILES string of the molecule is CCNC(=O)c1c(C)nc2c(c1-c1ccccn1)C(=O)CC(C)(C)C2. The van der Waals surface area contributed by atoms with Crippen molar-refractivity contribution in [2.24, 2.45) is 5.41 Å². The Bertz CT molecular complexity index is 842. The highest BCUT2D eigenvalue weighted by molar-refractivity contribution is 6.11. The van der Waals surface area contributed by atoms with Gasteiger partial charge < -0.3 is 5.32 Å². The van der Waals surface area contributed by atoms with Crippen molar-refractivity contribution in [1.82, 2.24) is 15.3 Å². The minimum Gasteiger partial charge on any atom is -0.352 e. The molecule has 0 fully saturated rings. The van der Waals surface area contributed by atoms with Gasteiger partial charge in [-0.25, -0.2) is 0 Å². The summed E-state index contributed by atoms with van der Waals surface area (Å²) in [6.45, 7) is 8.35. The fourth-order valence-corrected chi connectivity index (χ4v) is 3.53. The Kier molecular flexibility index (Phi) is 4.41. The van der Waals surface area contributed by atoms with Gasteiger partial charge in [0.25, 0.3) is 5.91 Å². The van der Waals surface area contributed by atoms with E-state index in [2.05, 4.69) is 29.1 Å². The third-order valence-electron chi connectivity index (χ3n) is 4.50. The first-order valence-corrected chi connectivity index (χ1v) is 8.60. The Morgan fingerprint density at radius 2 is 2.00 bits per heavy atom. The summed E-state index contributed by atoms with van der Waals surface area (Å²) in [4.78, 5) is 34.7. The molecule has 1 N–H and O–H groups in total. The maximum Gasteiger partial charge on any atom is 0.253 e. The number of carbonyl (C=O) groups excluding carboxylic acids is 2. The van der Waals surface area contributed by atoms with Gasteiger partial charge in [0.15, 0.2) is 5.78 Å². The Morgan fingerprint density at radius 3 is 2.64 bits per heavy atom. The van der Waals surface area contributed by atoms with Gasteiger partial charge in [-0.2, -0.15) is 0 Å². The molecule has 2 heterocycles. The molecule has 0 atom stereocenters. The standard InChI is InChI=1S/C20H23N3O2/c1-5-21-19(25)16-12(2)23-14-10-20(3,4)11-15(24)17(14)18(16)13-8-6-7-9-22-13/h6-9H,5,10-11H2,1-4H3,(H,21,25). The molecule has 5 nitrogen and oxygen atoms in total. The third-order valence-corrected chi connectivity index (χ3v) is 4.50. The van der Waals surface area contributed by atoms with Crippen molar-refractivity contribution in [3.8, 4) is 11.3 Å². The Balaban J connectivity index is 2.33. The van der Waals surface area contributed by atoms with Gasteiger partial charge in [-0.1, -0.05) is 19.9 Å². The fourth-order valence-electron chi connectivity index (χ4n) is 3.53. The second-order valence-corrected chi connectivity index (χ2v) is 7.28.